The molecule has 0 aromatic heterocycles. The quantitative estimate of drug-likeness (QED) is 0.502. The first-order chi connectivity index (χ1) is 15.1. The molecule has 9 nitrogen and oxygen atoms in total. The number of rotatable bonds is 9. The number of benzene rings is 1. The van der Waals surface area contributed by atoms with Crippen molar-refractivity contribution in [3.63, 3.8) is 0 Å². The number of carbonyl (C=O) groups excluding carboxylic acids is 4. The number of carbonyl (C=O) groups is 4. The lowest BCUT2D eigenvalue weighted by Crippen LogP contribution is -2.55. The topological polar surface area (TPSA) is 111 Å². The summed E-state index contributed by atoms with van der Waals surface area (Å²) >= 11 is 5.88. The van der Waals surface area contributed by atoms with Crippen LogP contribution in [0.2, 0.25) is 5.02 Å². The van der Waals surface area contributed by atoms with Gasteiger partial charge < -0.3 is 25.8 Å². The summed E-state index contributed by atoms with van der Waals surface area (Å²) in [5.74, 6) is -1.60. The molecule has 0 bridgehead atoms. The predicted octanol–water partition coefficient (Wildman–Crippen LogP) is 0.847. The van der Waals surface area contributed by atoms with Crippen LogP contribution in [0.1, 0.15) is 26.3 Å². The maximum Gasteiger partial charge on any atom is 0.246 e. The molecule has 1 aromatic carbocycles. The Kier molecular flexibility index (Phi) is 9.22. The maximum atomic E-state index is 12.5. The minimum Gasteiger partial charge on any atom is -0.345 e. The minimum absolute atomic E-state index is 0.122. The molecule has 10 heteroatoms. The van der Waals surface area contributed by atoms with Crippen LogP contribution in [0.5, 0.6) is 0 Å². The van der Waals surface area contributed by atoms with Gasteiger partial charge in [-0.05, 0) is 37.6 Å². The van der Waals surface area contributed by atoms with E-state index in [9.17, 15) is 19.2 Å². The zero-order valence-corrected chi connectivity index (χ0v) is 19.5. The van der Waals surface area contributed by atoms with E-state index in [0.717, 1.165) is 5.56 Å². The first kappa shape index (κ1) is 25.4. The van der Waals surface area contributed by atoms with E-state index in [-0.39, 0.29) is 30.8 Å². The average molecular weight is 464 g/mol. The molecular formula is C22H30ClN5O4. The highest BCUT2D eigenvalue weighted by molar-refractivity contribution is 6.30. The van der Waals surface area contributed by atoms with Gasteiger partial charge >= 0.3 is 0 Å². The number of hydrogen-bond acceptors (Lipinski definition) is 5. The van der Waals surface area contributed by atoms with E-state index < -0.39 is 23.9 Å². The van der Waals surface area contributed by atoms with Crippen LogP contribution >= 0.6 is 11.6 Å². The van der Waals surface area contributed by atoms with Crippen molar-refractivity contribution in [1.82, 2.24) is 25.8 Å². The summed E-state index contributed by atoms with van der Waals surface area (Å²) in [4.78, 5) is 52.4. The summed E-state index contributed by atoms with van der Waals surface area (Å²) in [6, 6.07) is 5.93. The van der Waals surface area contributed by atoms with E-state index >= 15 is 0 Å². The van der Waals surface area contributed by atoms with Gasteiger partial charge in [0.2, 0.25) is 23.6 Å². The number of nitrogens with one attached hydrogen (secondary N) is 3. The number of nitrogens with zero attached hydrogens (tertiary/aromatic N) is 2. The van der Waals surface area contributed by atoms with Crippen LogP contribution in [0.3, 0.4) is 0 Å². The molecular weight excluding hydrogens is 434 g/mol. The summed E-state index contributed by atoms with van der Waals surface area (Å²) in [6.07, 6.45) is 3.05. The van der Waals surface area contributed by atoms with Crippen molar-refractivity contribution in [3.05, 3.63) is 47.3 Å². The van der Waals surface area contributed by atoms with Crippen LogP contribution in [0.25, 0.3) is 0 Å². The van der Waals surface area contributed by atoms with Gasteiger partial charge in [0.1, 0.15) is 12.6 Å². The molecule has 0 spiro atoms. The van der Waals surface area contributed by atoms with Crippen molar-refractivity contribution in [2.75, 3.05) is 20.1 Å². The third-order valence-electron chi connectivity index (χ3n) is 5.13. The van der Waals surface area contributed by atoms with Crippen LogP contribution in [-0.2, 0) is 25.7 Å². The Balaban J connectivity index is 1.90. The molecule has 0 saturated heterocycles. The van der Waals surface area contributed by atoms with Crippen LogP contribution < -0.4 is 16.0 Å². The van der Waals surface area contributed by atoms with Gasteiger partial charge in [-0.3, -0.25) is 19.2 Å². The lowest BCUT2D eigenvalue weighted by atomic mass is 10.0. The second kappa shape index (κ2) is 11.6. The van der Waals surface area contributed by atoms with Crippen LogP contribution in [0.15, 0.2) is 36.7 Å². The number of halogens is 1. The second-order valence-corrected chi connectivity index (χ2v) is 8.36. The molecule has 0 radical (unpaired) electrons. The largest absolute Gasteiger partial charge is 0.345 e. The summed E-state index contributed by atoms with van der Waals surface area (Å²) in [6.45, 7) is 5.25. The van der Waals surface area contributed by atoms with E-state index in [1.54, 1.807) is 40.0 Å². The molecule has 174 valence electrons. The first-order valence-electron chi connectivity index (χ1n) is 10.4. The Morgan fingerprint density at radius 2 is 1.72 bits per heavy atom. The molecule has 1 aromatic rings. The van der Waals surface area contributed by atoms with Crippen molar-refractivity contribution in [3.8, 4) is 0 Å². The molecule has 0 unspecified atom stereocenters. The highest BCUT2D eigenvalue weighted by Gasteiger charge is 2.28. The van der Waals surface area contributed by atoms with Crippen molar-refractivity contribution < 1.29 is 19.2 Å². The van der Waals surface area contributed by atoms with E-state index in [4.69, 9.17) is 11.6 Å². The van der Waals surface area contributed by atoms with E-state index in [1.165, 1.54) is 22.2 Å². The van der Waals surface area contributed by atoms with Gasteiger partial charge in [-0.2, -0.15) is 0 Å². The Hall–Kier alpha value is -2.91. The number of hydrogen-bond donors (Lipinski definition) is 3. The van der Waals surface area contributed by atoms with Gasteiger partial charge in [0.15, 0.2) is 0 Å². The van der Waals surface area contributed by atoms with E-state index in [2.05, 4.69) is 16.0 Å². The molecule has 2 rings (SSSR count). The van der Waals surface area contributed by atoms with Gasteiger partial charge in [-0.1, -0.05) is 37.6 Å². The molecule has 3 N–H and O–H groups in total. The fourth-order valence-electron chi connectivity index (χ4n) is 2.95. The fraction of sp³-hybridized carbons (Fsp3) is 0.455. The van der Waals surface area contributed by atoms with Gasteiger partial charge in [-0.15, -0.1) is 0 Å². The highest BCUT2D eigenvalue weighted by atomic mass is 35.5. The minimum atomic E-state index is -0.778. The van der Waals surface area contributed by atoms with E-state index in [0.29, 0.717) is 11.6 Å². The lowest BCUT2D eigenvalue weighted by Gasteiger charge is -2.29. The maximum absolute atomic E-state index is 12.5. The van der Waals surface area contributed by atoms with Crippen molar-refractivity contribution in [2.24, 2.45) is 5.92 Å². The van der Waals surface area contributed by atoms with Crippen molar-refractivity contribution >= 4 is 35.2 Å². The molecule has 0 saturated carbocycles. The Morgan fingerprint density at radius 3 is 2.28 bits per heavy atom. The number of amides is 4. The molecule has 0 fully saturated rings. The standard InChI is InChI=1S/C22H30ClN5O4/c1-14(2)20(26-21(31)15(3)24-4)22(32)25-11-18(29)28-10-9-27(19(30)13-28)12-16-5-7-17(23)8-6-16/h5-10,14-15,20,24H,11-13H2,1-4H3,(H,25,32)(H,26,31)/t15-,20-/m0/s1. The highest BCUT2D eigenvalue weighted by Crippen LogP contribution is 2.14. The van der Waals surface area contributed by atoms with Crippen LogP contribution in [0, 0.1) is 5.92 Å². The second-order valence-electron chi connectivity index (χ2n) is 7.93. The molecule has 0 aliphatic carbocycles. The number of likely N-dealkylation sites (N-methyl/N-ethyl adjacent to an activating group) is 1. The lowest BCUT2D eigenvalue weighted by molar-refractivity contribution is -0.139. The third-order valence-corrected chi connectivity index (χ3v) is 5.38. The Morgan fingerprint density at radius 1 is 1.06 bits per heavy atom. The zero-order valence-electron chi connectivity index (χ0n) is 18.7. The molecule has 2 atom stereocenters. The molecule has 32 heavy (non-hydrogen) atoms. The van der Waals surface area contributed by atoms with E-state index in [1.807, 2.05) is 12.1 Å². The smallest absolute Gasteiger partial charge is 0.246 e. The summed E-state index contributed by atoms with van der Waals surface area (Å²) in [5, 5.41) is 8.67. The van der Waals surface area contributed by atoms with Crippen molar-refractivity contribution in [2.45, 2.75) is 39.4 Å². The van der Waals surface area contributed by atoms with Crippen LogP contribution in [-0.4, -0.2) is 65.6 Å². The summed E-state index contributed by atoms with van der Waals surface area (Å²) in [7, 11) is 1.65. The SMILES string of the molecule is CN[C@@H](C)C(=O)N[C@H](C(=O)NCC(=O)N1C=CN(Cc2ccc(Cl)cc2)C(=O)C1)C(C)C. The Labute approximate surface area is 193 Å². The molecule has 1 heterocycles. The normalized spacial score (nSPS) is 15.5. The zero-order chi connectivity index (χ0) is 23.8. The fourth-order valence-corrected chi connectivity index (χ4v) is 3.08. The van der Waals surface area contributed by atoms with Gasteiger partial charge in [0.05, 0.1) is 19.1 Å². The monoisotopic (exact) mass is 463 g/mol. The summed E-state index contributed by atoms with van der Waals surface area (Å²) < 4.78 is 0. The third kappa shape index (κ3) is 7.06. The molecule has 1 aliphatic rings. The molecule has 1 aliphatic heterocycles. The van der Waals surface area contributed by atoms with Gasteiger partial charge in [0, 0.05) is 17.4 Å². The van der Waals surface area contributed by atoms with Gasteiger partial charge in [0.25, 0.3) is 0 Å². The first-order valence-corrected chi connectivity index (χ1v) is 10.8. The summed E-state index contributed by atoms with van der Waals surface area (Å²) in [5.41, 5.74) is 0.911. The predicted molar refractivity (Wildman–Crippen MR) is 121 cm³/mol. The Bertz CT molecular complexity index is 872. The van der Waals surface area contributed by atoms with Crippen LogP contribution in [0.4, 0.5) is 0 Å². The average Bonchev–Trinajstić information content (AvgIpc) is 2.77. The molecule has 4 amide bonds. The van der Waals surface area contributed by atoms with Gasteiger partial charge in [-0.25, -0.2) is 0 Å². The van der Waals surface area contributed by atoms with Crippen molar-refractivity contribution in [1.29, 1.82) is 0 Å².